The topological polar surface area (TPSA) is 82.2 Å². The summed E-state index contributed by atoms with van der Waals surface area (Å²) in [4.78, 5) is 26.8. The van der Waals surface area contributed by atoms with Crippen molar-refractivity contribution in [2.45, 2.75) is 29.9 Å². The number of carboxylic acid groups (broad SMARTS) is 1. The Morgan fingerprint density at radius 3 is 2.50 bits per heavy atom. The van der Waals surface area contributed by atoms with Crippen LogP contribution >= 0.6 is 23.5 Å². The molecule has 0 spiro atoms. The van der Waals surface area contributed by atoms with Crippen molar-refractivity contribution < 1.29 is 14.7 Å². The molecule has 1 unspecified atom stereocenters. The summed E-state index contributed by atoms with van der Waals surface area (Å²) in [6, 6.07) is 17.4. The molecule has 0 radical (unpaired) electrons. The van der Waals surface area contributed by atoms with Crippen LogP contribution in [0.25, 0.3) is 17.0 Å². The number of benzene rings is 2. The number of rotatable bonds is 7. The van der Waals surface area contributed by atoms with Crippen molar-refractivity contribution in [3.63, 3.8) is 0 Å². The maximum Gasteiger partial charge on any atom is 0.326 e. The molecule has 2 heterocycles. The zero-order valence-corrected chi connectivity index (χ0v) is 19.5. The van der Waals surface area contributed by atoms with Crippen LogP contribution in [0.1, 0.15) is 30.2 Å². The normalized spacial score (nSPS) is 16.8. The molecule has 1 aliphatic heterocycles. The number of aliphatic carboxylic acids is 1. The lowest BCUT2D eigenvalue weighted by molar-refractivity contribution is -0.141. The van der Waals surface area contributed by atoms with Gasteiger partial charge in [-0.05, 0) is 41.2 Å². The molecule has 1 saturated heterocycles. The van der Waals surface area contributed by atoms with E-state index in [0.29, 0.717) is 0 Å². The highest BCUT2D eigenvalue weighted by atomic mass is 32.2. The molecule has 166 valence electrons. The van der Waals surface area contributed by atoms with Gasteiger partial charge in [-0.3, -0.25) is 4.79 Å². The second-order valence-electron chi connectivity index (χ2n) is 7.78. The minimum absolute atomic E-state index is 0.183. The molecule has 3 aromatic rings. The molecule has 5 nitrogen and oxygen atoms in total. The fraction of sp³-hybridized carbons (Fsp3) is 0.280. The van der Waals surface area contributed by atoms with Crippen LogP contribution in [0.5, 0.6) is 0 Å². The third kappa shape index (κ3) is 4.89. The van der Waals surface area contributed by atoms with Crippen molar-refractivity contribution in [2.24, 2.45) is 0 Å². The molecule has 1 aromatic heterocycles. The molecule has 32 heavy (non-hydrogen) atoms. The van der Waals surface area contributed by atoms with Crippen LogP contribution in [0.4, 0.5) is 0 Å². The summed E-state index contributed by atoms with van der Waals surface area (Å²) in [6.07, 6.45) is 5.71. The van der Waals surface area contributed by atoms with Crippen LogP contribution in [0.2, 0.25) is 0 Å². The SMILES string of the molecule is CC(=O)NC(Cc1c(C=CC2(c3ccccc3)SCCCS2)[nH]c2ccccc12)C(=O)O. The molecule has 1 fully saturated rings. The highest BCUT2D eigenvalue weighted by molar-refractivity contribution is 8.18. The van der Waals surface area contributed by atoms with Gasteiger partial charge in [0, 0.05) is 29.9 Å². The molecular weight excluding hydrogens is 440 g/mol. The Morgan fingerprint density at radius 2 is 1.81 bits per heavy atom. The molecule has 3 N–H and O–H groups in total. The Kier molecular flexibility index (Phi) is 6.96. The van der Waals surface area contributed by atoms with Crippen molar-refractivity contribution in [1.29, 1.82) is 0 Å². The summed E-state index contributed by atoms with van der Waals surface area (Å²) < 4.78 is -0.183. The van der Waals surface area contributed by atoms with Crippen LogP contribution in [0, 0.1) is 0 Å². The van der Waals surface area contributed by atoms with E-state index in [0.717, 1.165) is 33.7 Å². The number of aromatic amines is 1. The number of H-pyrrole nitrogens is 1. The first-order valence-electron chi connectivity index (χ1n) is 10.6. The van der Waals surface area contributed by atoms with E-state index in [1.165, 1.54) is 18.9 Å². The first-order valence-corrected chi connectivity index (χ1v) is 12.6. The van der Waals surface area contributed by atoms with Gasteiger partial charge in [-0.25, -0.2) is 4.79 Å². The maximum absolute atomic E-state index is 11.8. The average Bonchev–Trinajstić information content (AvgIpc) is 3.15. The van der Waals surface area contributed by atoms with Gasteiger partial charge in [-0.15, -0.1) is 23.5 Å². The van der Waals surface area contributed by atoms with Crippen molar-refractivity contribution in [3.05, 3.63) is 77.5 Å². The Balaban J connectivity index is 1.75. The number of nitrogens with one attached hydrogen (secondary N) is 2. The number of aromatic nitrogens is 1. The molecule has 0 aliphatic carbocycles. The van der Waals surface area contributed by atoms with Gasteiger partial charge >= 0.3 is 5.97 Å². The summed E-state index contributed by atoms with van der Waals surface area (Å²) >= 11 is 3.87. The number of fused-ring (bicyclic) bond motifs is 1. The molecule has 2 aromatic carbocycles. The van der Waals surface area contributed by atoms with Gasteiger partial charge in [0.25, 0.3) is 0 Å². The Morgan fingerprint density at radius 1 is 1.12 bits per heavy atom. The third-order valence-corrected chi connectivity index (χ3v) is 8.79. The van der Waals surface area contributed by atoms with E-state index in [2.05, 4.69) is 46.7 Å². The lowest BCUT2D eigenvalue weighted by Crippen LogP contribution is -2.41. The number of hydrogen-bond acceptors (Lipinski definition) is 4. The maximum atomic E-state index is 11.8. The molecule has 0 bridgehead atoms. The van der Waals surface area contributed by atoms with E-state index in [-0.39, 0.29) is 16.4 Å². The highest BCUT2D eigenvalue weighted by Gasteiger charge is 2.33. The number of carbonyl (C=O) groups excluding carboxylic acids is 1. The van der Waals surface area contributed by atoms with Crippen molar-refractivity contribution >= 4 is 52.4 Å². The largest absolute Gasteiger partial charge is 0.480 e. The van der Waals surface area contributed by atoms with E-state index < -0.39 is 12.0 Å². The van der Waals surface area contributed by atoms with E-state index >= 15 is 0 Å². The summed E-state index contributed by atoms with van der Waals surface area (Å²) in [5.41, 5.74) is 3.98. The summed E-state index contributed by atoms with van der Waals surface area (Å²) in [5.74, 6) is 0.789. The predicted molar refractivity (Wildman–Crippen MR) is 134 cm³/mol. The Hall–Kier alpha value is -2.64. The molecule has 1 amide bonds. The highest BCUT2D eigenvalue weighted by Crippen LogP contribution is 2.51. The average molecular weight is 467 g/mol. The van der Waals surface area contributed by atoms with Crippen molar-refractivity contribution in [1.82, 2.24) is 10.3 Å². The molecular formula is C25H26N2O3S2. The van der Waals surface area contributed by atoms with E-state index in [1.807, 2.05) is 53.9 Å². The second kappa shape index (κ2) is 9.88. The summed E-state index contributed by atoms with van der Waals surface area (Å²) in [5, 5.41) is 13.2. The fourth-order valence-electron chi connectivity index (χ4n) is 4.00. The van der Waals surface area contributed by atoms with Gasteiger partial charge in [-0.2, -0.15) is 0 Å². The minimum atomic E-state index is -1.04. The molecule has 7 heteroatoms. The van der Waals surface area contributed by atoms with Crippen LogP contribution in [-0.4, -0.2) is 39.5 Å². The zero-order chi connectivity index (χ0) is 22.6. The number of para-hydroxylation sites is 1. The Bertz CT molecular complexity index is 1130. The smallest absolute Gasteiger partial charge is 0.326 e. The fourth-order valence-corrected chi connectivity index (χ4v) is 7.14. The lowest BCUT2D eigenvalue weighted by atomic mass is 10.0. The zero-order valence-electron chi connectivity index (χ0n) is 17.8. The van der Waals surface area contributed by atoms with Crippen LogP contribution < -0.4 is 5.32 Å². The number of carboxylic acids is 1. The first kappa shape index (κ1) is 22.6. The molecule has 0 saturated carbocycles. The van der Waals surface area contributed by atoms with Gasteiger partial charge in [0.1, 0.15) is 10.1 Å². The monoisotopic (exact) mass is 466 g/mol. The lowest BCUT2D eigenvalue weighted by Gasteiger charge is -2.34. The molecule has 4 rings (SSSR count). The first-order chi connectivity index (χ1) is 15.5. The van der Waals surface area contributed by atoms with Crippen LogP contribution in [0.15, 0.2) is 60.7 Å². The van der Waals surface area contributed by atoms with Crippen molar-refractivity contribution in [2.75, 3.05) is 11.5 Å². The number of carbonyl (C=O) groups is 2. The molecule has 1 aliphatic rings. The predicted octanol–water partition coefficient (Wildman–Crippen LogP) is 5.04. The number of hydrogen-bond donors (Lipinski definition) is 3. The quantitative estimate of drug-likeness (QED) is 0.455. The minimum Gasteiger partial charge on any atom is -0.480 e. The number of amides is 1. The van der Waals surface area contributed by atoms with Crippen molar-refractivity contribution in [3.8, 4) is 0 Å². The third-order valence-electron chi connectivity index (χ3n) is 5.50. The van der Waals surface area contributed by atoms with E-state index in [9.17, 15) is 14.7 Å². The Labute approximate surface area is 196 Å². The van der Waals surface area contributed by atoms with Gasteiger partial charge in [0.15, 0.2) is 0 Å². The van der Waals surface area contributed by atoms with Crippen LogP contribution in [-0.2, 0) is 20.1 Å². The van der Waals surface area contributed by atoms with Gasteiger partial charge < -0.3 is 15.4 Å². The van der Waals surface area contributed by atoms with E-state index in [1.54, 1.807) is 0 Å². The summed E-state index contributed by atoms with van der Waals surface area (Å²) in [7, 11) is 0. The standard InChI is InChI=1S/C25H26N2O3S2/c1-17(28)26-23(24(29)30)16-20-19-10-5-6-11-21(19)27-22(20)12-13-25(31-14-7-15-32-25)18-8-3-2-4-9-18/h2-6,8-13,23,27H,7,14-16H2,1H3,(H,26,28)(H,29,30). The summed E-state index contributed by atoms with van der Waals surface area (Å²) in [6.45, 7) is 1.34. The number of thioether (sulfide) groups is 2. The second-order valence-corrected chi connectivity index (χ2v) is 10.7. The van der Waals surface area contributed by atoms with Crippen LogP contribution in [0.3, 0.4) is 0 Å². The van der Waals surface area contributed by atoms with E-state index in [4.69, 9.17) is 0 Å². The van der Waals surface area contributed by atoms with Gasteiger partial charge in [0.05, 0.1) is 0 Å². The van der Waals surface area contributed by atoms with Gasteiger partial charge in [-0.1, -0.05) is 54.6 Å². The molecule has 1 atom stereocenters. The van der Waals surface area contributed by atoms with Gasteiger partial charge in [0.2, 0.25) is 5.91 Å².